The number of furan rings is 1. The maximum atomic E-state index is 12.9. The molecule has 4 N–H and O–H groups in total. The number of nitrogens with zero attached hydrogens (tertiary/aromatic N) is 3. The van der Waals surface area contributed by atoms with Crippen LogP contribution in [-0.2, 0) is 37.4 Å². The van der Waals surface area contributed by atoms with Crippen molar-refractivity contribution < 1.29 is 27.2 Å². The Morgan fingerprint density at radius 1 is 1.00 bits per heavy atom. The van der Waals surface area contributed by atoms with Crippen LogP contribution in [0.1, 0.15) is 23.3 Å². The van der Waals surface area contributed by atoms with Gasteiger partial charge in [-0.15, -0.1) is 0 Å². The SMILES string of the molecule is NS(=O)(=O)c1ccc(CCNC(=O)CSC2=Nc3ccccc3C3=NC(=O)C(CC(=O)NCc4ccco4)N23)cc1. The molecule has 1 aromatic heterocycles. The highest BCUT2D eigenvalue weighted by Crippen LogP contribution is 2.34. The third-order valence-corrected chi connectivity index (χ3v) is 8.23. The van der Waals surface area contributed by atoms with Gasteiger partial charge in [0.05, 0.1) is 35.6 Å². The Kier molecular flexibility index (Phi) is 8.33. The van der Waals surface area contributed by atoms with Crippen LogP contribution < -0.4 is 15.8 Å². The van der Waals surface area contributed by atoms with Crippen LogP contribution in [0.3, 0.4) is 0 Å². The molecule has 1 unspecified atom stereocenters. The zero-order valence-corrected chi connectivity index (χ0v) is 23.3. The lowest BCUT2D eigenvalue weighted by atomic mass is 10.1. The Hall–Kier alpha value is -4.27. The molecule has 212 valence electrons. The van der Waals surface area contributed by atoms with E-state index in [1.54, 1.807) is 41.3 Å². The Morgan fingerprint density at radius 3 is 2.51 bits per heavy atom. The van der Waals surface area contributed by atoms with E-state index >= 15 is 0 Å². The lowest BCUT2D eigenvalue weighted by Gasteiger charge is -2.30. The van der Waals surface area contributed by atoms with Crippen LogP contribution in [0, 0.1) is 0 Å². The number of nitrogens with one attached hydrogen (secondary N) is 2. The van der Waals surface area contributed by atoms with E-state index in [2.05, 4.69) is 20.6 Å². The number of carbonyl (C=O) groups excluding carboxylic acids is 3. The second-order valence-corrected chi connectivity index (χ2v) is 11.7. The van der Waals surface area contributed by atoms with Crippen molar-refractivity contribution in [3.63, 3.8) is 0 Å². The first-order valence-corrected chi connectivity index (χ1v) is 15.1. The second kappa shape index (κ2) is 12.1. The van der Waals surface area contributed by atoms with Crippen molar-refractivity contribution in [2.24, 2.45) is 15.1 Å². The fraction of sp³-hybridized carbons (Fsp3) is 0.222. The first-order valence-electron chi connectivity index (χ1n) is 12.6. The number of nitrogens with two attached hydrogens (primary N) is 1. The van der Waals surface area contributed by atoms with E-state index in [9.17, 15) is 22.8 Å². The van der Waals surface area contributed by atoms with Gasteiger partial charge in [0.2, 0.25) is 21.8 Å². The van der Waals surface area contributed by atoms with Crippen molar-refractivity contribution in [1.29, 1.82) is 0 Å². The number of para-hydroxylation sites is 1. The number of sulfonamides is 1. The molecular weight excluding hydrogens is 568 g/mol. The van der Waals surface area contributed by atoms with Gasteiger partial charge in [0, 0.05) is 12.1 Å². The molecule has 5 rings (SSSR count). The molecule has 0 aliphatic carbocycles. The second-order valence-electron chi connectivity index (χ2n) is 9.21. The largest absolute Gasteiger partial charge is 0.467 e. The highest BCUT2D eigenvalue weighted by molar-refractivity contribution is 8.14. The van der Waals surface area contributed by atoms with E-state index in [1.807, 2.05) is 12.1 Å². The number of benzene rings is 2. The predicted molar refractivity (Wildman–Crippen MR) is 153 cm³/mol. The first-order chi connectivity index (χ1) is 19.7. The van der Waals surface area contributed by atoms with E-state index in [4.69, 9.17) is 9.56 Å². The lowest BCUT2D eigenvalue weighted by molar-refractivity contribution is -0.126. The predicted octanol–water partition coefficient (Wildman–Crippen LogP) is 1.68. The molecule has 2 aliphatic heterocycles. The van der Waals surface area contributed by atoms with Crippen LogP contribution in [0.2, 0.25) is 0 Å². The summed E-state index contributed by atoms with van der Waals surface area (Å²) >= 11 is 1.14. The van der Waals surface area contributed by atoms with E-state index in [0.29, 0.717) is 41.0 Å². The van der Waals surface area contributed by atoms with Crippen molar-refractivity contribution in [2.75, 3.05) is 12.3 Å². The molecule has 1 atom stereocenters. The van der Waals surface area contributed by atoms with Crippen LogP contribution in [0.15, 0.2) is 86.2 Å². The Morgan fingerprint density at radius 2 is 1.78 bits per heavy atom. The number of hydrogen-bond donors (Lipinski definition) is 3. The minimum absolute atomic E-state index is 0.0146. The zero-order chi connectivity index (χ0) is 29.0. The smallest absolute Gasteiger partial charge is 0.271 e. The summed E-state index contributed by atoms with van der Waals surface area (Å²) in [5, 5.41) is 11.1. The zero-order valence-electron chi connectivity index (χ0n) is 21.6. The van der Waals surface area contributed by atoms with E-state index < -0.39 is 22.0 Å². The highest BCUT2D eigenvalue weighted by atomic mass is 32.2. The minimum atomic E-state index is -3.77. The quantitative estimate of drug-likeness (QED) is 0.318. The summed E-state index contributed by atoms with van der Waals surface area (Å²) in [4.78, 5) is 48.9. The van der Waals surface area contributed by atoms with Gasteiger partial charge >= 0.3 is 0 Å². The topological polar surface area (TPSA) is 177 Å². The highest BCUT2D eigenvalue weighted by Gasteiger charge is 2.42. The minimum Gasteiger partial charge on any atom is -0.467 e. The molecule has 0 fully saturated rings. The van der Waals surface area contributed by atoms with Crippen LogP contribution >= 0.6 is 11.8 Å². The van der Waals surface area contributed by atoms with E-state index in [0.717, 1.165) is 17.3 Å². The average molecular weight is 595 g/mol. The summed E-state index contributed by atoms with van der Waals surface area (Å²) in [5.74, 6) is -0.0693. The van der Waals surface area contributed by atoms with Crippen LogP contribution in [0.5, 0.6) is 0 Å². The van der Waals surface area contributed by atoms with Gasteiger partial charge in [-0.05, 0) is 48.4 Å². The third-order valence-electron chi connectivity index (χ3n) is 6.35. The molecule has 3 heterocycles. The van der Waals surface area contributed by atoms with Gasteiger partial charge in [-0.25, -0.2) is 18.5 Å². The van der Waals surface area contributed by atoms with Crippen LogP contribution in [-0.4, -0.2) is 60.4 Å². The lowest BCUT2D eigenvalue weighted by Crippen LogP contribution is -2.46. The number of rotatable bonds is 10. The fourth-order valence-corrected chi connectivity index (χ4v) is 5.72. The number of amides is 3. The van der Waals surface area contributed by atoms with Crippen molar-refractivity contribution in [3.05, 3.63) is 83.8 Å². The van der Waals surface area contributed by atoms with Crippen LogP contribution in [0.4, 0.5) is 5.69 Å². The van der Waals surface area contributed by atoms with Crippen molar-refractivity contribution in [1.82, 2.24) is 15.5 Å². The molecule has 2 aliphatic rings. The molecule has 0 spiro atoms. The van der Waals surface area contributed by atoms with Gasteiger partial charge in [0.25, 0.3) is 5.91 Å². The first kappa shape index (κ1) is 28.3. The van der Waals surface area contributed by atoms with Crippen molar-refractivity contribution in [3.8, 4) is 0 Å². The summed E-state index contributed by atoms with van der Waals surface area (Å²) < 4.78 is 28.1. The number of primary sulfonamides is 1. The number of hydrogen-bond acceptors (Lipinski definition) is 9. The molecule has 0 radical (unpaired) electrons. The van der Waals surface area contributed by atoms with Gasteiger partial charge in [-0.3, -0.25) is 19.3 Å². The number of carbonyl (C=O) groups is 3. The van der Waals surface area contributed by atoms with Gasteiger partial charge in [-0.2, -0.15) is 4.99 Å². The number of thioether (sulfide) groups is 1. The fourth-order valence-electron chi connectivity index (χ4n) is 4.32. The average Bonchev–Trinajstić information content (AvgIpc) is 3.58. The number of fused-ring (bicyclic) bond motifs is 3. The summed E-state index contributed by atoms with van der Waals surface area (Å²) in [6.45, 7) is 0.520. The summed E-state index contributed by atoms with van der Waals surface area (Å²) in [7, 11) is -3.77. The molecule has 2 aromatic carbocycles. The van der Waals surface area contributed by atoms with Gasteiger partial charge in [0.1, 0.15) is 17.6 Å². The Balaban J connectivity index is 1.21. The molecule has 12 nitrogen and oxygen atoms in total. The number of aliphatic imine (C=N–C) groups is 2. The monoisotopic (exact) mass is 594 g/mol. The summed E-state index contributed by atoms with van der Waals surface area (Å²) in [5.41, 5.74) is 2.12. The van der Waals surface area contributed by atoms with Gasteiger partial charge in [-0.1, -0.05) is 36.0 Å². The molecule has 3 amide bonds. The molecule has 41 heavy (non-hydrogen) atoms. The summed E-state index contributed by atoms with van der Waals surface area (Å²) in [6.07, 6.45) is 1.85. The molecule has 0 saturated carbocycles. The summed E-state index contributed by atoms with van der Waals surface area (Å²) in [6, 6.07) is 15.9. The van der Waals surface area contributed by atoms with E-state index in [-0.39, 0.29) is 35.4 Å². The molecule has 14 heteroatoms. The molecular formula is C27H26N6O6S2. The third kappa shape index (κ3) is 6.73. The van der Waals surface area contributed by atoms with Gasteiger partial charge in [0.15, 0.2) is 5.17 Å². The van der Waals surface area contributed by atoms with Crippen molar-refractivity contribution >= 4 is 56.2 Å². The molecule has 0 bridgehead atoms. The van der Waals surface area contributed by atoms with Gasteiger partial charge < -0.3 is 15.1 Å². The standard InChI is InChI=1S/C27H26N6O6S2/c28-41(37,38)19-9-7-17(8-10-19)11-12-29-24(35)16-40-27-31-21-6-2-1-5-20(21)25-32-26(36)22(33(25)27)14-23(34)30-15-18-4-3-13-39-18/h1-10,13,22H,11-12,14-16H2,(H,29,35)(H,30,34)(H2,28,37,38). The molecule has 0 saturated heterocycles. The Labute approximate surface area is 240 Å². The number of amidine groups is 2. The van der Waals surface area contributed by atoms with Crippen LogP contribution in [0.25, 0.3) is 0 Å². The Bertz CT molecular complexity index is 1630. The maximum Gasteiger partial charge on any atom is 0.271 e. The van der Waals surface area contributed by atoms with Crippen molar-refractivity contribution in [2.45, 2.75) is 30.3 Å². The maximum absolute atomic E-state index is 12.9. The van der Waals surface area contributed by atoms with E-state index in [1.165, 1.54) is 18.4 Å². The normalized spacial score (nSPS) is 16.0. The molecule has 3 aromatic rings.